The Morgan fingerprint density at radius 1 is 1.00 bits per heavy atom. The molecule has 26 heavy (non-hydrogen) atoms. The predicted molar refractivity (Wildman–Crippen MR) is 103 cm³/mol. The van der Waals surface area contributed by atoms with Gasteiger partial charge in [-0.1, -0.05) is 0 Å². The van der Waals surface area contributed by atoms with Crippen LogP contribution in [0.3, 0.4) is 0 Å². The van der Waals surface area contributed by atoms with Gasteiger partial charge in [-0.2, -0.15) is 0 Å². The largest absolute Gasteiger partial charge is 0.378 e. The van der Waals surface area contributed by atoms with Crippen LogP contribution in [0.4, 0.5) is 11.5 Å². The number of hydrogen-bond donors (Lipinski definition) is 0. The van der Waals surface area contributed by atoms with Crippen molar-refractivity contribution in [1.82, 2.24) is 14.5 Å². The Balaban J connectivity index is 1.40. The number of ether oxygens (including phenoxy) is 1. The fourth-order valence-electron chi connectivity index (χ4n) is 4.14. The molecule has 0 unspecified atom stereocenters. The summed E-state index contributed by atoms with van der Waals surface area (Å²) in [6, 6.07) is 8.56. The van der Waals surface area contributed by atoms with Crippen molar-refractivity contribution in [3.8, 4) is 0 Å². The number of aromatic nitrogens is 3. The second-order valence-electron chi connectivity index (χ2n) is 7.00. The molecule has 6 nitrogen and oxygen atoms in total. The van der Waals surface area contributed by atoms with Gasteiger partial charge in [0.2, 0.25) is 0 Å². The third-order valence-corrected chi connectivity index (χ3v) is 5.59. The average molecular weight is 349 g/mol. The van der Waals surface area contributed by atoms with Crippen LogP contribution in [-0.4, -0.2) is 47.4 Å². The van der Waals surface area contributed by atoms with Gasteiger partial charge in [-0.15, -0.1) is 0 Å². The summed E-state index contributed by atoms with van der Waals surface area (Å²) in [5.74, 6) is 1.04. The van der Waals surface area contributed by atoms with E-state index in [1.165, 1.54) is 22.3 Å². The molecule has 0 spiro atoms. The summed E-state index contributed by atoms with van der Waals surface area (Å²) in [4.78, 5) is 14.0. The van der Waals surface area contributed by atoms with E-state index in [0.29, 0.717) is 0 Å². The fraction of sp³-hybridized carbons (Fsp3) is 0.400. The molecule has 2 aliphatic rings. The third kappa shape index (κ3) is 2.52. The maximum absolute atomic E-state index is 5.42. The van der Waals surface area contributed by atoms with Crippen LogP contribution >= 0.6 is 0 Å². The smallest absolute Gasteiger partial charge is 0.140 e. The quantitative estimate of drug-likeness (QED) is 0.711. The van der Waals surface area contributed by atoms with E-state index in [1.807, 2.05) is 18.5 Å². The Morgan fingerprint density at radius 2 is 1.88 bits per heavy atom. The SMILES string of the molecule is Cn1c2c(c3cccnc31)CCN(c1ccc(N3CCOCC3)nc1)C2. The minimum atomic E-state index is 0.785. The second-order valence-corrected chi connectivity index (χ2v) is 7.00. The molecule has 5 rings (SSSR count). The van der Waals surface area contributed by atoms with Crippen LogP contribution in [0.5, 0.6) is 0 Å². The summed E-state index contributed by atoms with van der Waals surface area (Å²) in [6.07, 6.45) is 4.93. The molecular formula is C20H23N5O. The molecule has 0 bridgehead atoms. The zero-order valence-electron chi connectivity index (χ0n) is 15.1. The van der Waals surface area contributed by atoms with Gasteiger partial charge in [0.25, 0.3) is 0 Å². The minimum Gasteiger partial charge on any atom is -0.378 e. The van der Waals surface area contributed by atoms with E-state index in [1.54, 1.807) is 0 Å². The van der Waals surface area contributed by atoms with E-state index in [4.69, 9.17) is 9.72 Å². The van der Waals surface area contributed by atoms with Crippen molar-refractivity contribution in [1.29, 1.82) is 0 Å². The van der Waals surface area contributed by atoms with E-state index in [0.717, 1.165) is 57.3 Å². The lowest BCUT2D eigenvalue weighted by Crippen LogP contribution is -2.36. The molecular weight excluding hydrogens is 326 g/mol. The highest BCUT2D eigenvalue weighted by Gasteiger charge is 2.23. The van der Waals surface area contributed by atoms with Gasteiger partial charge in [0.1, 0.15) is 11.5 Å². The first-order valence-corrected chi connectivity index (χ1v) is 9.26. The van der Waals surface area contributed by atoms with Crippen molar-refractivity contribution in [2.24, 2.45) is 7.05 Å². The first kappa shape index (κ1) is 15.6. The maximum Gasteiger partial charge on any atom is 0.140 e. The van der Waals surface area contributed by atoms with Crippen LogP contribution in [0, 0.1) is 0 Å². The summed E-state index contributed by atoms with van der Waals surface area (Å²) >= 11 is 0. The number of aryl methyl sites for hydroxylation is 1. The summed E-state index contributed by atoms with van der Waals surface area (Å²) < 4.78 is 7.67. The van der Waals surface area contributed by atoms with E-state index in [-0.39, 0.29) is 0 Å². The first-order chi connectivity index (χ1) is 12.8. The van der Waals surface area contributed by atoms with Crippen molar-refractivity contribution >= 4 is 22.5 Å². The fourth-order valence-corrected chi connectivity index (χ4v) is 4.14. The molecule has 0 atom stereocenters. The molecule has 0 N–H and O–H groups in total. The van der Waals surface area contributed by atoms with Crippen LogP contribution < -0.4 is 9.80 Å². The van der Waals surface area contributed by atoms with Gasteiger partial charge in [-0.25, -0.2) is 9.97 Å². The molecule has 0 saturated carbocycles. The molecule has 1 saturated heterocycles. The summed E-state index contributed by atoms with van der Waals surface area (Å²) in [5, 5.41) is 1.30. The Labute approximate surface area is 153 Å². The normalized spacial score (nSPS) is 17.6. The first-order valence-electron chi connectivity index (χ1n) is 9.26. The Hall–Kier alpha value is -2.60. The predicted octanol–water partition coefficient (Wildman–Crippen LogP) is 2.37. The zero-order valence-corrected chi connectivity index (χ0v) is 15.1. The van der Waals surface area contributed by atoms with Gasteiger partial charge in [0.15, 0.2) is 0 Å². The molecule has 6 heteroatoms. The van der Waals surface area contributed by atoms with Gasteiger partial charge in [-0.05, 0) is 36.2 Å². The Bertz CT molecular complexity index is 927. The highest BCUT2D eigenvalue weighted by molar-refractivity contribution is 5.82. The molecule has 2 aliphatic heterocycles. The van der Waals surface area contributed by atoms with Crippen LogP contribution in [0.2, 0.25) is 0 Å². The number of pyridine rings is 2. The lowest BCUT2D eigenvalue weighted by Gasteiger charge is -2.31. The summed E-state index contributed by atoms with van der Waals surface area (Å²) in [5.41, 5.74) is 5.08. The number of fused-ring (bicyclic) bond motifs is 3. The maximum atomic E-state index is 5.42. The van der Waals surface area contributed by atoms with E-state index in [9.17, 15) is 0 Å². The van der Waals surface area contributed by atoms with E-state index >= 15 is 0 Å². The highest BCUT2D eigenvalue weighted by Crippen LogP contribution is 2.31. The average Bonchev–Trinajstić information content (AvgIpc) is 3.01. The van der Waals surface area contributed by atoms with Gasteiger partial charge in [0.05, 0.1) is 31.6 Å². The number of nitrogens with zero attached hydrogens (tertiary/aromatic N) is 5. The van der Waals surface area contributed by atoms with Crippen LogP contribution in [0.15, 0.2) is 36.7 Å². The number of morpholine rings is 1. The topological polar surface area (TPSA) is 46.4 Å². The van der Waals surface area contributed by atoms with Crippen molar-refractivity contribution in [3.05, 3.63) is 47.9 Å². The molecule has 0 amide bonds. The highest BCUT2D eigenvalue weighted by atomic mass is 16.5. The molecule has 3 aromatic heterocycles. The van der Waals surface area contributed by atoms with Gasteiger partial charge >= 0.3 is 0 Å². The second kappa shape index (κ2) is 6.29. The van der Waals surface area contributed by atoms with Crippen molar-refractivity contribution < 1.29 is 4.74 Å². The summed E-state index contributed by atoms with van der Waals surface area (Å²) in [6.45, 7) is 5.33. The molecule has 3 aromatic rings. The molecule has 5 heterocycles. The van der Waals surface area contributed by atoms with E-state index < -0.39 is 0 Å². The Morgan fingerprint density at radius 3 is 2.69 bits per heavy atom. The monoisotopic (exact) mass is 349 g/mol. The lowest BCUT2D eigenvalue weighted by atomic mass is 10.0. The molecule has 1 fully saturated rings. The van der Waals surface area contributed by atoms with Crippen molar-refractivity contribution in [3.63, 3.8) is 0 Å². The van der Waals surface area contributed by atoms with Crippen LogP contribution in [0.1, 0.15) is 11.3 Å². The van der Waals surface area contributed by atoms with Crippen molar-refractivity contribution in [2.45, 2.75) is 13.0 Å². The molecule has 0 radical (unpaired) electrons. The third-order valence-electron chi connectivity index (χ3n) is 5.59. The number of anilines is 2. The zero-order chi connectivity index (χ0) is 17.5. The number of rotatable bonds is 2. The molecule has 0 aromatic carbocycles. The van der Waals surface area contributed by atoms with E-state index in [2.05, 4.69) is 44.6 Å². The summed E-state index contributed by atoms with van der Waals surface area (Å²) in [7, 11) is 2.12. The van der Waals surface area contributed by atoms with Gasteiger partial charge in [-0.3, -0.25) is 0 Å². The number of hydrogen-bond acceptors (Lipinski definition) is 5. The van der Waals surface area contributed by atoms with Crippen LogP contribution in [-0.2, 0) is 24.8 Å². The molecule has 0 aliphatic carbocycles. The minimum absolute atomic E-state index is 0.785. The van der Waals surface area contributed by atoms with Crippen molar-refractivity contribution in [2.75, 3.05) is 42.6 Å². The standard InChI is InChI=1S/C20H23N5O/c1-23-18-14-25(8-6-16(18)17-3-2-7-21-20(17)23)15-4-5-19(22-13-15)24-9-11-26-12-10-24/h2-5,7,13H,6,8-12,14H2,1H3. The van der Waals surface area contributed by atoms with Crippen LogP contribution in [0.25, 0.3) is 11.0 Å². The Kier molecular flexibility index (Phi) is 3.78. The lowest BCUT2D eigenvalue weighted by molar-refractivity contribution is 0.122. The van der Waals surface area contributed by atoms with Gasteiger partial charge in [0, 0.05) is 44.0 Å². The molecule has 134 valence electrons. The van der Waals surface area contributed by atoms with Gasteiger partial charge < -0.3 is 19.1 Å².